The monoisotopic (exact) mass is 260 g/mol. The normalized spacial score (nSPS) is 14.2. The Hall–Kier alpha value is -1.32. The van der Waals surface area contributed by atoms with E-state index in [0.717, 1.165) is 29.8 Å². The van der Waals surface area contributed by atoms with Gasteiger partial charge in [-0.15, -0.1) is 0 Å². The standard InChI is InChI=1S/C16H24N2O/c1-5-18(6-2)16(3,4)15(17)14-11-12-9-7-8-10-13(12)19-14/h7-11,15H,5-6,17H2,1-4H3. The summed E-state index contributed by atoms with van der Waals surface area (Å²) < 4.78 is 5.90. The van der Waals surface area contributed by atoms with Crippen LogP contribution in [0.5, 0.6) is 0 Å². The van der Waals surface area contributed by atoms with E-state index in [2.05, 4.69) is 44.7 Å². The molecule has 0 aliphatic rings. The first-order chi connectivity index (χ1) is 9.00. The Morgan fingerprint density at radius 1 is 1.21 bits per heavy atom. The van der Waals surface area contributed by atoms with Gasteiger partial charge in [0.25, 0.3) is 0 Å². The summed E-state index contributed by atoms with van der Waals surface area (Å²) in [7, 11) is 0. The molecule has 0 aliphatic heterocycles. The number of hydrogen-bond donors (Lipinski definition) is 1. The lowest BCUT2D eigenvalue weighted by Crippen LogP contribution is -2.51. The maximum Gasteiger partial charge on any atom is 0.134 e. The first-order valence-electron chi connectivity index (χ1n) is 6.99. The van der Waals surface area contributed by atoms with Gasteiger partial charge in [0.15, 0.2) is 0 Å². The minimum atomic E-state index is -0.139. The van der Waals surface area contributed by atoms with Gasteiger partial charge >= 0.3 is 0 Å². The van der Waals surface area contributed by atoms with Crippen molar-refractivity contribution in [1.82, 2.24) is 4.90 Å². The lowest BCUT2D eigenvalue weighted by molar-refractivity contribution is 0.0990. The first-order valence-corrected chi connectivity index (χ1v) is 6.99. The molecule has 104 valence electrons. The third kappa shape index (κ3) is 2.53. The molecule has 0 saturated carbocycles. The molecule has 3 heteroatoms. The molecule has 2 aromatic rings. The van der Waals surface area contributed by atoms with Gasteiger partial charge < -0.3 is 10.2 Å². The zero-order chi connectivity index (χ0) is 14.0. The van der Waals surface area contributed by atoms with Crippen LogP contribution in [0.15, 0.2) is 34.7 Å². The minimum absolute atomic E-state index is 0.128. The molecule has 0 spiro atoms. The number of rotatable bonds is 5. The maximum atomic E-state index is 6.45. The molecule has 0 bridgehead atoms. The molecule has 19 heavy (non-hydrogen) atoms. The van der Waals surface area contributed by atoms with Crippen molar-refractivity contribution in [3.63, 3.8) is 0 Å². The van der Waals surface area contributed by atoms with Crippen molar-refractivity contribution in [2.24, 2.45) is 5.73 Å². The van der Waals surface area contributed by atoms with Crippen LogP contribution in [0, 0.1) is 0 Å². The van der Waals surface area contributed by atoms with Gasteiger partial charge in [-0.1, -0.05) is 32.0 Å². The molecule has 0 fully saturated rings. The number of fused-ring (bicyclic) bond motifs is 1. The number of para-hydroxylation sites is 1. The quantitative estimate of drug-likeness (QED) is 0.894. The topological polar surface area (TPSA) is 42.4 Å². The molecule has 2 N–H and O–H groups in total. The van der Waals surface area contributed by atoms with E-state index >= 15 is 0 Å². The largest absolute Gasteiger partial charge is 0.459 e. The van der Waals surface area contributed by atoms with Crippen LogP contribution in [0.2, 0.25) is 0 Å². The van der Waals surface area contributed by atoms with Gasteiger partial charge in [-0.2, -0.15) is 0 Å². The van der Waals surface area contributed by atoms with Gasteiger partial charge in [-0.25, -0.2) is 0 Å². The number of nitrogens with two attached hydrogens (primary N) is 1. The smallest absolute Gasteiger partial charge is 0.134 e. The van der Waals surface area contributed by atoms with Crippen LogP contribution in [0.3, 0.4) is 0 Å². The minimum Gasteiger partial charge on any atom is -0.459 e. The summed E-state index contributed by atoms with van der Waals surface area (Å²) in [6, 6.07) is 9.96. The first kappa shape index (κ1) is 14.1. The van der Waals surface area contributed by atoms with E-state index in [-0.39, 0.29) is 11.6 Å². The van der Waals surface area contributed by atoms with Crippen molar-refractivity contribution < 1.29 is 4.42 Å². The SMILES string of the molecule is CCN(CC)C(C)(C)C(N)c1cc2ccccc2o1. The van der Waals surface area contributed by atoms with Crippen molar-refractivity contribution in [2.45, 2.75) is 39.3 Å². The Morgan fingerprint density at radius 3 is 2.42 bits per heavy atom. The zero-order valence-corrected chi connectivity index (χ0v) is 12.3. The Morgan fingerprint density at radius 2 is 1.84 bits per heavy atom. The second kappa shape index (κ2) is 5.35. The van der Waals surface area contributed by atoms with Gasteiger partial charge in [-0.05, 0) is 39.1 Å². The lowest BCUT2D eigenvalue weighted by atomic mass is 9.91. The summed E-state index contributed by atoms with van der Waals surface area (Å²) in [4.78, 5) is 2.37. The summed E-state index contributed by atoms with van der Waals surface area (Å²) >= 11 is 0. The molecule has 1 aromatic carbocycles. The third-order valence-electron chi connectivity index (χ3n) is 4.09. The molecule has 2 rings (SSSR count). The molecular weight excluding hydrogens is 236 g/mol. The second-order valence-corrected chi connectivity index (χ2v) is 5.49. The molecule has 1 aromatic heterocycles. The summed E-state index contributed by atoms with van der Waals surface area (Å²) in [6.07, 6.45) is 0. The molecule has 0 aliphatic carbocycles. The Kier molecular flexibility index (Phi) is 3.97. The molecule has 0 amide bonds. The summed E-state index contributed by atoms with van der Waals surface area (Å²) in [6.45, 7) is 10.7. The van der Waals surface area contributed by atoms with E-state index in [4.69, 9.17) is 10.2 Å². The zero-order valence-electron chi connectivity index (χ0n) is 12.3. The van der Waals surface area contributed by atoms with Crippen LogP contribution in [-0.4, -0.2) is 23.5 Å². The highest BCUT2D eigenvalue weighted by Gasteiger charge is 2.34. The number of hydrogen-bond acceptors (Lipinski definition) is 3. The average molecular weight is 260 g/mol. The highest BCUT2D eigenvalue weighted by atomic mass is 16.3. The van der Waals surface area contributed by atoms with Gasteiger partial charge in [0.05, 0.1) is 6.04 Å². The maximum absolute atomic E-state index is 6.45. The van der Waals surface area contributed by atoms with Crippen molar-refractivity contribution in [3.05, 3.63) is 36.1 Å². The van der Waals surface area contributed by atoms with Crippen molar-refractivity contribution in [2.75, 3.05) is 13.1 Å². The number of nitrogens with zero attached hydrogens (tertiary/aromatic N) is 1. The van der Waals surface area contributed by atoms with Crippen molar-refractivity contribution in [3.8, 4) is 0 Å². The van der Waals surface area contributed by atoms with E-state index < -0.39 is 0 Å². The van der Waals surface area contributed by atoms with Gasteiger partial charge in [-0.3, -0.25) is 4.90 Å². The molecule has 0 saturated heterocycles. The lowest BCUT2D eigenvalue weighted by Gasteiger charge is -2.40. The molecule has 1 heterocycles. The third-order valence-corrected chi connectivity index (χ3v) is 4.09. The van der Waals surface area contributed by atoms with Gasteiger partial charge in [0.2, 0.25) is 0 Å². The van der Waals surface area contributed by atoms with Crippen LogP contribution in [-0.2, 0) is 0 Å². The second-order valence-electron chi connectivity index (χ2n) is 5.49. The number of benzene rings is 1. The summed E-state index contributed by atoms with van der Waals surface area (Å²) in [5, 5.41) is 1.11. The van der Waals surface area contributed by atoms with Crippen LogP contribution in [0.4, 0.5) is 0 Å². The van der Waals surface area contributed by atoms with Crippen molar-refractivity contribution >= 4 is 11.0 Å². The average Bonchev–Trinajstić information content (AvgIpc) is 2.82. The van der Waals surface area contributed by atoms with E-state index in [9.17, 15) is 0 Å². The predicted octanol–water partition coefficient (Wildman–Crippen LogP) is 3.55. The molecule has 1 unspecified atom stereocenters. The highest BCUT2D eigenvalue weighted by Crippen LogP contribution is 2.32. The van der Waals surface area contributed by atoms with Crippen LogP contribution in [0.25, 0.3) is 11.0 Å². The number of furan rings is 1. The van der Waals surface area contributed by atoms with E-state index in [0.29, 0.717) is 0 Å². The highest BCUT2D eigenvalue weighted by molar-refractivity contribution is 5.77. The molecule has 1 atom stereocenters. The van der Waals surface area contributed by atoms with Crippen LogP contribution >= 0.6 is 0 Å². The van der Waals surface area contributed by atoms with E-state index in [1.165, 1.54) is 0 Å². The van der Waals surface area contributed by atoms with Crippen LogP contribution in [0.1, 0.15) is 39.5 Å². The molecule has 3 nitrogen and oxygen atoms in total. The molecular formula is C16H24N2O. The van der Waals surface area contributed by atoms with Gasteiger partial charge in [0.1, 0.15) is 11.3 Å². The Balaban J connectivity index is 2.34. The van der Waals surface area contributed by atoms with E-state index in [1.54, 1.807) is 0 Å². The fourth-order valence-corrected chi connectivity index (χ4v) is 2.74. The summed E-state index contributed by atoms with van der Waals surface area (Å²) in [5.41, 5.74) is 7.23. The van der Waals surface area contributed by atoms with Crippen LogP contribution < -0.4 is 5.73 Å². The Bertz CT molecular complexity index is 507. The van der Waals surface area contributed by atoms with E-state index in [1.807, 2.05) is 18.2 Å². The van der Waals surface area contributed by atoms with Gasteiger partial charge in [0, 0.05) is 10.9 Å². The summed E-state index contributed by atoms with van der Waals surface area (Å²) in [5.74, 6) is 0.859. The fourth-order valence-electron chi connectivity index (χ4n) is 2.74. The van der Waals surface area contributed by atoms with Crippen molar-refractivity contribution in [1.29, 1.82) is 0 Å². The molecule has 0 radical (unpaired) electrons. The number of likely N-dealkylation sites (N-methyl/N-ethyl adjacent to an activating group) is 1. The Labute approximate surface area is 115 Å². The fraction of sp³-hybridized carbons (Fsp3) is 0.500. The predicted molar refractivity (Wildman–Crippen MR) is 80.1 cm³/mol.